The molecule has 0 unspecified atom stereocenters. The molecule has 11 heteroatoms. The van der Waals surface area contributed by atoms with Crippen LogP contribution in [0.25, 0.3) is 0 Å². The van der Waals surface area contributed by atoms with E-state index in [1.807, 2.05) is 7.05 Å². The second kappa shape index (κ2) is 19.3. The van der Waals surface area contributed by atoms with Crippen molar-refractivity contribution in [2.75, 3.05) is 45.3 Å². The van der Waals surface area contributed by atoms with Crippen LogP contribution in [0, 0.1) is 0 Å². The largest absolute Gasteiger partial charge is 0.449 e. The molecule has 1 aliphatic carbocycles. The van der Waals surface area contributed by atoms with E-state index in [2.05, 4.69) is 21.3 Å². The zero-order valence-corrected chi connectivity index (χ0v) is 23.4. The molecule has 4 N–H and O–H groups in total. The summed E-state index contributed by atoms with van der Waals surface area (Å²) in [6, 6.07) is 6.68. The molecule has 0 atom stereocenters. The smallest absolute Gasteiger partial charge is 0.407 e. The first kappa shape index (κ1) is 32.5. The van der Waals surface area contributed by atoms with Crippen LogP contribution in [-0.2, 0) is 23.9 Å². The molecular formula is C29H42N4O7. The Hall–Kier alpha value is -3.73. The fourth-order valence-electron chi connectivity index (χ4n) is 4.19. The van der Waals surface area contributed by atoms with E-state index >= 15 is 0 Å². The number of anilines is 1. The average Bonchev–Trinajstić information content (AvgIpc) is 2.96. The fourth-order valence-corrected chi connectivity index (χ4v) is 4.19. The number of hydrogen-bond acceptors (Lipinski definition) is 8. The quantitative estimate of drug-likeness (QED) is 0.0874. The number of aldehydes is 1. The van der Waals surface area contributed by atoms with Crippen LogP contribution in [0.4, 0.5) is 10.5 Å². The van der Waals surface area contributed by atoms with Crippen LogP contribution in [0.5, 0.6) is 0 Å². The Labute approximate surface area is 235 Å². The summed E-state index contributed by atoms with van der Waals surface area (Å²) in [6.45, 7) is 1.60. The van der Waals surface area contributed by atoms with Crippen LogP contribution < -0.4 is 21.3 Å². The third-order valence-electron chi connectivity index (χ3n) is 6.30. The Balaban J connectivity index is 1.53. The highest BCUT2D eigenvalue weighted by Crippen LogP contribution is 2.26. The lowest BCUT2D eigenvalue weighted by molar-refractivity contribution is -0.127. The number of hydrogen-bond donors (Lipinski definition) is 4. The zero-order valence-electron chi connectivity index (χ0n) is 23.4. The maximum Gasteiger partial charge on any atom is 0.407 e. The molecule has 11 nitrogen and oxygen atoms in total. The Bertz CT molecular complexity index is 1010. The highest BCUT2D eigenvalue weighted by atomic mass is 16.5. The van der Waals surface area contributed by atoms with Gasteiger partial charge in [-0.1, -0.05) is 6.42 Å². The maximum absolute atomic E-state index is 12.9. The Morgan fingerprint density at radius 1 is 0.850 bits per heavy atom. The Morgan fingerprint density at radius 2 is 1.62 bits per heavy atom. The van der Waals surface area contributed by atoms with E-state index in [1.54, 1.807) is 24.3 Å². The molecule has 0 radical (unpaired) electrons. The minimum Gasteiger partial charge on any atom is -0.449 e. The van der Waals surface area contributed by atoms with Crippen LogP contribution in [0.15, 0.2) is 35.5 Å². The van der Waals surface area contributed by atoms with Gasteiger partial charge in [0.15, 0.2) is 5.78 Å². The van der Waals surface area contributed by atoms with Crippen molar-refractivity contribution in [3.63, 3.8) is 0 Å². The van der Waals surface area contributed by atoms with Gasteiger partial charge in [0.25, 0.3) is 0 Å². The molecule has 40 heavy (non-hydrogen) atoms. The molecule has 220 valence electrons. The predicted molar refractivity (Wildman–Crippen MR) is 151 cm³/mol. The van der Waals surface area contributed by atoms with Gasteiger partial charge in [-0.15, -0.1) is 0 Å². The minimum absolute atomic E-state index is 0.00353. The van der Waals surface area contributed by atoms with E-state index in [0.717, 1.165) is 62.5 Å². The second-order valence-corrected chi connectivity index (χ2v) is 9.44. The van der Waals surface area contributed by atoms with E-state index in [0.29, 0.717) is 37.2 Å². The fraction of sp³-hybridized carbons (Fsp3) is 0.552. The number of carbonyl (C=O) groups is 5. The number of nitrogens with one attached hydrogen (secondary N) is 4. The number of ketones is 1. The lowest BCUT2D eigenvalue weighted by Gasteiger charge is -2.19. The van der Waals surface area contributed by atoms with Gasteiger partial charge in [0, 0.05) is 62.1 Å². The molecule has 1 aromatic rings. The van der Waals surface area contributed by atoms with Crippen molar-refractivity contribution in [1.82, 2.24) is 16.0 Å². The highest BCUT2D eigenvalue weighted by molar-refractivity contribution is 6.09. The van der Waals surface area contributed by atoms with Crippen LogP contribution in [0.2, 0.25) is 0 Å². The normalized spacial score (nSPS) is 12.8. The van der Waals surface area contributed by atoms with Gasteiger partial charge >= 0.3 is 6.09 Å². The molecule has 0 saturated heterocycles. The van der Waals surface area contributed by atoms with Gasteiger partial charge in [0.2, 0.25) is 11.8 Å². The van der Waals surface area contributed by atoms with Crippen molar-refractivity contribution in [2.45, 2.75) is 64.2 Å². The lowest BCUT2D eigenvalue weighted by Crippen LogP contribution is -2.31. The lowest BCUT2D eigenvalue weighted by atomic mass is 9.90. The monoisotopic (exact) mass is 558 g/mol. The van der Waals surface area contributed by atoms with Crippen molar-refractivity contribution in [2.24, 2.45) is 0 Å². The van der Waals surface area contributed by atoms with Gasteiger partial charge in [0.05, 0.1) is 13.2 Å². The topological polar surface area (TPSA) is 152 Å². The molecule has 1 aliphatic rings. The first-order valence-electron chi connectivity index (χ1n) is 14.0. The van der Waals surface area contributed by atoms with E-state index in [9.17, 15) is 24.0 Å². The summed E-state index contributed by atoms with van der Waals surface area (Å²) >= 11 is 0. The first-order valence-corrected chi connectivity index (χ1v) is 14.0. The van der Waals surface area contributed by atoms with Crippen LogP contribution in [-0.4, -0.2) is 69.9 Å². The number of unbranched alkanes of at least 4 members (excludes halogenated alkanes) is 3. The molecule has 1 aromatic carbocycles. The molecule has 0 aromatic heterocycles. The molecule has 0 aliphatic heterocycles. The SMILES string of the molecule is CNC1=C(C(=O)c2ccc(NC(=O)CC(=O)NCCOCCCOC(=O)NCCCCCC=O)cc2)CCCC1. The van der Waals surface area contributed by atoms with E-state index in [-0.39, 0.29) is 32.0 Å². The summed E-state index contributed by atoms with van der Waals surface area (Å²) in [7, 11) is 1.83. The minimum atomic E-state index is -0.481. The van der Waals surface area contributed by atoms with Crippen molar-refractivity contribution in [3.05, 3.63) is 41.1 Å². The van der Waals surface area contributed by atoms with Gasteiger partial charge in [0.1, 0.15) is 12.7 Å². The number of alkyl carbamates (subject to hydrolysis) is 1. The predicted octanol–water partition coefficient (Wildman–Crippen LogP) is 3.25. The van der Waals surface area contributed by atoms with E-state index < -0.39 is 17.9 Å². The number of allylic oxidation sites excluding steroid dienone is 2. The van der Waals surface area contributed by atoms with Crippen molar-refractivity contribution in [3.8, 4) is 0 Å². The number of amides is 3. The van der Waals surface area contributed by atoms with E-state index in [4.69, 9.17) is 9.47 Å². The standard InChI is InChI=1S/C29H42N4O7/c1-30-25-10-5-4-9-24(25)28(37)22-11-13-23(14-12-22)33-27(36)21-26(35)31-16-20-39-18-8-19-40-29(38)32-15-6-2-3-7-17-34/h11-14,17,30H,2-10,15-16,18-21H2,1H3,(H,31,35)(H,32,38)(H,33,36). The molecule has 0 heterocycles. The zero-order chi connectivity index (χ0) is 29.0. The van der Waals surface area contributed by atoms with Gasteiger partial charge < -0.3 is 35.5 Å². The molecule has 0 bridgehead atoms. The average molecular weight is 559 g/mol. The van der Waals surface area contributed by atoms with Gasteiger partial charge in [-0.2, -0.15) is 0 Å². The number of carbonyl (C=O) groups excluding carboxylic acids is 5. The van der Waals surface area contributed by atoms with E-state index in [1.165, 1.54) is 0 Å². The summed E-state index contributed by atoms with van der Waals surface area (Å²) in [5.41, 5.74) is 2.88. The van der Waals surface area contributed by atoms with Crippen molar-refractivity contribution in [1.29, 1.82) is 0 Å². The van der Waals surface area contributed by atoms with Gasteiger partial charge in [-0.25, -0.2) is 4.79 Å². The van der Waals surface area contributed by atoms with Crippen LogP contribution in [0.1, 0.15) is 74.6 Å². The summed E-state index contributed by atoms with van der Waals surface area (Å²) < 4.78 is 10.4. The van der Waals surface area contributed by atoms with Crippen molar-refractivity contribution >= 4 is 35.7 Å². The molecular weight excluding hydrogens is 516 g/mol. The Kier molecular flexibility index (Phi) is 15.7. The Morgan fingerprint density at radius 3 is 2.38 bits per heavy atom. The van der Waals surface area contributed by atoms with Crippen LogP contribution in [0.3, 0.4) is 0 Å². The molecule has 0 spiro atoms. The summed E-state index contributed by atoms with van der Waals surface area (Å²) in [6.07, 6.45) is 7.33. The first-order chi connectivity index (χ1) is 19.4. The molecule has 0 saturated carbocycles. The van der Waals surface area contributed by atoms with Gasteiger partial charge in [-0.05, 0) is 62.8 Å². The molecule has 0 fully saturated rings. The third-order valence-corrected chi connectivity index (χ3v) is 6.30. The number of rotatable bonds is 19. The molecule has 2 rings (SSSR count). The number of Topliss-reactive ketones (excluding diaryl/α,β-unsaturated/α-hetero) is 1. The molecule has 3 amide bonds. The highest BCUT2D eigenvalue weighted by Gasteiger charge is 2.20. The summed E-state index contributed by atoms with van der Waals surface area (Å²) in [5, 5.41) is 11.1. The second-order valence-electron chi connectivity index (χ2n) is 9.44. The maximum atomic E-state index is 12.9. The number of benzene rings is 1. The van der Waals surface area contributed by atoms with Crippen molar-refractivity contribution < 1.29 is 33.4 Å². The number of ether oxygens (including phenoxy) is 2. The summed E-state index contributed by atoms with van der Waals surface area (Å²) in [4.78, 5) is 58.9. The summed E-state index contributed by atoms with van der Waals surface area (Å²) in [5.74, 6) is -0.888. The third kappa shape index (κ3) is 12.9. The van der Waals surface area contributed by atoms with Gasteiger partial charge in [-0.3, -0.25) is 14.4 Å². The van der Waals surface area contributed by atoms with Crippen LogP contribution >= 0.6 is 0 Å².